The maximum Gasteiger partial charge on any atom is 0.126 e. The molecule has 1 aromatic heterocycles. The molecular weight excluding hydrogens is 268 g/mol. The Labute approximate surface area is 123 Å². The number of nitrogens with zero attached hydrogens (tertiary/aromatic N) is 1. The number of nitrogens with one attached hydrogen (secondary N) is 1. The molecule has 0 aliphatic heterocycles. The first-order valence-corrected chi connectivity index (χ1v) is 7.61. The molecule has 1 aromatic carbocycles. The van der Waals surface area contributed by atoms with E-state index in [-0.39, 0.29) is 6.04 Å². The molecule has 5 N–H and O–H groups in total. The summed E-state index contributed by atoms with van der Waals surface area (Å²) in [5, 5.41) is 0. The van der Waals surface area contributed by atoms with E-state index in [1.807, 2.05) is 23.9 Å². The zero-order chi connectivity index (χ0) is 14.4. The van der Waals surface area contributed by atoms with Crippen LogP contribution in [0, 0.1) is 0 Å². The minimum Gasteiger partial charge on any atom is -0.383 e. The summed E-state index contributed by atoms with van der Waals surface area (Å²) in [7, 11) is 0. The van der Waals surface area contributed by atoms with Gasteiger partial charge in [-0.3, -0.25) is 11.3 Å². The number of pyridine rings is 1. The molecule has 1 atom stereocenters. The maximum atomic E-state index is 5.88. The van der Waals surface area contributed by atoms with Gasteiger partial charge >= 0.3 is 0 Å². The summed E-state index contributed by atoms with van der Waals surface area (Å²) < 4.78 is 0. The van der Waals surface area contributed by atoms with Crippen LogP contribution in [0.25, 0.3) is 0 Å². The molecule has 0 saturated heterocycles. The maximum absolute atomic E-state index is 5.88. The van der Waals surface area contributed by atoms with Gasteiger partial charge in [0.1, 0.15) is 5.82 Å². The van der Waals surface area contributed by atoms with Crippen LogP contribution in [-0.4, -0.2) is 10.7 Å². The third-order valence-electron chi connectivity index (χ3n) is 3.14. The van der Waals surface area contributed by atoms with Crippen molar-refractivity contribution in [2.45, 2.75) is 24.3 Å². The number of thioether (sulfide) groups is 1. The van der Waals surface area contributed by atoms with Crippen molar-refractivity contribution in [2.75, 3.05) is 11.5 Å². The van der Waals surface area contributed by atoms with E-state index < -0.39 is 0 Å². The highest BCUT2D eigenvalue weighted by Gasteiger charge is 2.12. The lowest BCUT2D eigenvalue weighted by Crippen LogP contribution is -2.29. The fourth-order valence-electron chi connectivity index (χ4n) is 2.08. The van der Waals surface area contributed by atoms with Gasteiger partial charge in [0.25, 0.3) is 0 Å². The number of hydrogen-bond acceptors (Lipinski definition) is 5. The van der Waals surface area contributed by atoms with Crippen molar-refractivity contribution in [2.24, 2.45) is 5.84 Å². The molecule has 0 radical (unpaired) electrons. The van der Waals surface area contributed by atoms with Crippen LogP contribution < -0.4 is 17.0 Å². The molecule has 0 aliphatic rings. The van der Waals surface area contributed by atoms with Crippen LogP contribution in [0.5, 0.6) is 0 Å². The van der Waals surface area contributed by atoms with E-state index in [0.29, 0.717) is 5.82 Å². The zero-order valence-corrected chi connectivity index (χ0v) is 12.4. The molecule has 20 heavy (non-hydrogen) atoms. The predicted molar refractivity (Wildman–Crippen MR) is 85.3 cm³/mol. The van der Waals surface area contributed by atoms with Crippen molar-refractivity contribution in [1.82, 2.24) is 10.4 Å². The van der Waals surface area contributed by atoms with Crippen LogP contribution in [0.15, 0.2) is 47.5 Å². The van der Waals surface area contributed by atoms with Crippen LogP contribution in [0.4, 0.5) is 5.82 Å². The number of hydrazine groups is 1. The Morgan fingerprint density at radius 1 is 1.25 bits per heavy atom. The number of benzene rings is 1. The largest absolute Gasteiger partial charge is 0.383 e. The first kappa shape index (κ1) is 14.8. The van der Waals surface area contributed by atoms with E-state index in [1.54, 1.807) is 6.20 Å². The van der Waals surface area contributed by atoms with E-state index in [0.717, 1.165) is 23.3 Å². The molecule has 0 bridgehead atoms. The second-order valence-corrected chi connectivity index (χ2v) is 5.81. The van der Waals surface area contributed by atoms with Crippen LogP contribution >= 0.6 is 11.8 Å². The zero-order valence-electron chi connectivity index (χ0n) is 11.5. The molecule has 0 spiro atoms. The number of rotatable bonds is 6. The molecule has 2 aromatic rings. The van der Waals surface area contributed by atoms with E-state index in [9.17, 15) is 0 Å². The number of nitrogen functional groups attached to an aromatic ring is 1. The standard InChI is InChI=1S/C15H20N4S/c1-2-20-13-7-5-11(6-8-13)14(19-17)10-12-4-3-9-18-15(12)16/h3-9,14,19H,2,10,17H2,1H3,(H2,16,18). The Kier molecular flexibility index (Phi) is 5.40. The van der Waals surface area contributed by atoms with E-state index in [1.165, 1.54) is 4.90 Å². The van der Waals surface area contributed by atoms with Gasteiger partial charge in [-0.25, -0.2) is 4.98 Å². The topological polar surface area (TPSA) is 77.0 Å². The molecule has 4 nitrogen and oxygen atoms in total. The van der Waals surface area contributed by atoms with Crippen molar-refractivity contribution in [1.29, 1.82) is 0 Å². The summed E-state index contributed by atoms with van der Waals surface area (Å²) in [5.41, 5.74) is 10.9. The van der Waals surface area contributed by atoms with Gasteiger partial charge < -0.3 is 5.73 Å². The average molecular weight is 288 g/mol. The van der Waals surface area contributed by atoms with Gasteiger partial charge in [-0.1, -0.05) is 25.1 Å². The van der Waals surface area contributed by atoms with Gasteiger partial charge in [0.2, 0.25) is 0 Å². The van der Waals surface area contributed by atoms with E-state index in [2.05, 4.69) is 41.6 Å². The Bertz CT molecular complexity index is 542. The molecule has 5 heteroatoms. The average Bonchev–Trinajstić information content (AvgIpc) is 2.48. The second kappa shape index (κ2) is 7.28. The lowest BCUT2D eigenvalue weighted by atomic mass is 10.00. The molecule has 106 valence electrons. The summed E-state index contributed by atoms with van der Waals surface area (Å²) >= 11 is 1.83. The second-order valence-electron chi connectivity index (χ2n) is 4.47. The third-order valence-corrected chi connectivity index (χ3v) is 4.04. The number of anilines is 1. The van der Waals surface area contributed by atoms with Crippen LogP contribution in [-0.2, 0) is 6.42 Å². The number of nitrogens with two attached hydrogens (primary N) is 2. The lowest BCUT2D eigenvalue weighted by Gasteiger charge is -2.17. The fourth-order valence-corrected chi connectivity index (χ4v) is 2.74. The quantitative estimate of drug-likeness (QED) is 0.432. The minimum absolute atomic E-state index is 0.0298. The monoisotopic (exact) mass is 288 g/mol. The highest BCUT2D eigenvalue weighted by molar-refractivity contribution is 7.99. The Morgan fingerprint density at radius 2 is 2.00 bits per heavy atom. The van der Waals surface area contributed by atoms with E-state index >= 15 is 0 Å². The van der Waals surface area contributed by atoms with Gasteiger partial charge in [0.15, 0.2) is 0 Å². The molecule has 0 fully saturated rings. The molecular formula is C15H20N4S. The molecule has 1 unspecified atom stereocenters. The highest BCUT2D eigenvalue weighted by atomic mass is 32.2. The lowest BCUT2D eigenvalue weighted by molar-refractivity contribution is 0.552. The molecule has 2 rings (SSSR count). The van der Waals surface area contributed by atoms with Crippen LogP contribution in [0.1, 0.15) is 24.1 Å². The van der Waals surface area contributed by atoms with Crippen molar-refractivity contribution in [3.8, 4) is 0 Å². The number of hydrogen-bond donors (Lipinski definition) is 3. The third kappa shape index (κ3) is 3.72. The van der Waals surface area contributed by atoms with Crippen LogP contribution in [0.2, 0.25) is 0 Å². The van der Waals surface area contributed by atoms with Crippen molar-refractivity contribution in [3.05, 3.63) is 53.7 Å². The first-order valence-electron chi connectivity index (χ1n) is 6.62. The normalized spacial score (nSPS) is 12.3. The summed E-state index contributed by atoms with van der Waals surface area (Å²) in [6, 6.07) is 12.4. The predicted octanol–water partition coefficient (Wildman–Crippen LogP) is 2.52. The molecule has 0 aliphatic carbocycles. The smallest absolute Gasteiger partial charge is 0.126 e. The van der Waals surface area contributed by atoms with Crippen molar-refractivity contribution < 1.29 is 0 Å². The fraction of sp³-hybridized carbons (Fsp3) is 0.267. The Morgan fingerprint density at radius 3 is 2.60 bits per heavy atom. The summed E-state index contributed by atoms with van der Waals surface area (Å²) in [6.45, 7) is 2.15. The summed E-state index contributed by atoms with van der Waals surface area (Å²) in [6.07, 6.45) is 2.41. The molecule has 1 heterocycles. The first-order chi connectivity index (χ1) is 9.74. The SMILES string of the molecule is CCSc1ccc(C(Cc2cccnc2N)NN)cc1. The minimum atomic E-state index is 0.0298. The Balaban J connectivity index is 2.13. The molecule has 0 amide bonds. The summed E-state index contributed by atoms with van der Waals surface area (Å²) in [5.74, 6) is 7.32. The van der Waals surface area contributed by atoms with Crippen LogP contribution in [0.3, 0.4) is 0 Å². The summed E-state index contributed by atoms with van der Waals surface area (Å²) in [4.78, 5) is 5.38. The molecule has 0 saturated carbocycles. The van der Waals surface area contributed by atoms with Crippen molar-refractivity contribution >= 4 is 17.6 Å². The van der Waals surface area contributed by atoms with Gasteiger partial charge in [0.05, 0.1) is 6.04 Å². The van der Waals surface area contributed by atoms with Gasteiger partial charge in [-0.15, -0.1) is 11.8 Å². The van der Waals surface area contributed by atoms with Gasteiger partial charge in [-0.2, -0.15) is 0 Å². The Hall–Kier alpha value is -1.56. The van der Waals surface area contributed by atoms with Gasteiger partial charge in [0, 0.05) is 11.1 Å². The highest BCUT2D eigenvalue weighted by Crippen LogP contribution is 2.23. The van der Waals surface area contributed by atoms with Gasteiger partial charge in [-0.05, 0) is 41.5 Å². The van der Waals surface area contributed by atoms with E-state index in [4.69, 9.17) is 11.6 Å². The number of aromatic nitrogens is 1. The van der Waals surface area contributed by atoms with Crippen molar-refractivity contribution in [3.63, 3.8) is 0 Å².